The number of benzene rings is 2. The zero-order valence-corrected chi connectivity index (χ0v) is 15.5. The third-order valence-corrected chi connectivity index (χ3v) is 5.98. The summed E-state index contributed by atoms with van der Waals surface area (Å²) in [5, 5.41) is 0.457. The zero-order valence-electron chi connectivity index (χ0n) is 13.9. The molecule has 0 aliphatic carbocycles. The summed E-state index contributed by atoms with van der Waals surface area (Å²) in [6.45, 7) is 1.21. The molecule has 0 bridgehead atoms. The van der Waals surface area contributed by atoms with E-state index in [-0.39, 0.29) is 27.5 Å². The smallest absolute Gasteiger partial charge is 0.343 e. The predicted octanol–water partition coefficient (Wildman–Crippen LogP) is 3.09. The second kappa shape index (κ2) is 6.59. The fourth-order valence-electron chi connectivity index (χ4n) is 2.64. The molecule has 134 valence electrons. The van der Waals surface area contributed by atoms with E-state index in [1.807, 2.05) is 0 Å². The highest BCUT2D eigenvalue weighted by molar-refractivity contribution is 7.89. The first-order chi connectivity index (χ1) is 12.2. The number of fused-ring (bicyclic) bond motifs is 1. The number of nitrogens with zero attached hydrogens (tertiary/aromatic N) is 1. The van der Waals surface area contributed by atoms with Crippen LogP contribution in [0.5, 0.6) is 0 Å². The Labute approximate surface area is 155 Å². The fourth-order valence-corrected chi connectivity index (χ4v) is 4.20. The number of likely N-dealkylation sites (N-methyl/N-ethyl adjacent to an activating group) is 1. The summed E-state index contributed by atoms with van der Waals surface area (Å²) in [6.07, 6.45) is 0. The molecule has 2 aromatic rings. The van der Waals surface area contributed by atoms with Gasteiger partial charge in [0, 0.05) is 24.6 Å². The molecule has 26 heavy (non-hydrogen) atoms. The maximum Gasteiger partial charge on any atom is 0.343 e. The average Bonchev–Trinajstić information content (AvgIpc) is 2.60. The molecular weight excluding hydrogens is 378 g/mol. The first-order valence-electron chi connectivity index (χ1n) is 7.55. The van der Waals surface area contributed by atoms with Gasteiger partial charge in [-0.05, 0) is 36.4 Å². The molecule has 8 heteroatoms. The van der Waals surface area contributed by atoms with Gasteiger partial charge in [-0.2, -0.15) is 0 Å². The van der Waals surface area contributed by atoms with Crippen molar-refractivity contribution in [2.75, 3.05) is 7.05 Å². The van der Waals surface area contributed by atoms with Crippen molar-refractivity contribution >= 4 is 39.1 Å². The van der Waals surface area contributed by atoms with Gasteiger partial charge in [0.1, 0.15) is 5.70 Å². The molecule has 1 aliphatic heterocycles. The Bertz CT molecular complexity index is 1040. The fraction of sp³-hybridized carbons (Fsp3) is 0.111. The van der Waals surface area contributed by atoms with Crippen LogP contribution in [0.1, 0.15) is 22.8 Å². The van der Waals surface area contributed by atoms with Crippen LogP contribution in [0, 0.1) is 0 Å². The molecule has 0 unspecified atom stereocenters. The summed E-state index contributed by atoms with van der Waals surface area (Å²) in [5.74, 6) is -1.35. The normalized spacial score (nSPS) is 15.4. The van der Waals surface area contributed by atoms with Crippen LogP contribution in [0.2, 0.25) is 5.02 Å². The van der Waals surface area contributed by atoms with Gasteiger partial charge in [-0.25, -0.2) is 13.2 Å². The van der Waals surface area contributed by atoms with E-state index in [9.17, 15) is 18.0 Å². The molecule has 0 atom stereocenters. The molecule has 1 heterocycles. The highest BCUT2D eigenvalue weighted by atomic mass is 35.5. The van der Waals surface area contributed by atoms with Gasteiger partial charge in [-0.3, -0.25) is 9.10 Å². The van der Waals surface area contributed by atoms with Crippen LogP contribution in [-0.2, 0) is 19.6 Å². The summed E-state index contributed by atoms with van der Waals surface area (Å²) in [4.78, 5) is 24.6. The number of carbonyl (C=O) groups is 2. The van der Waals surface area contributed by atoms with Gasteiger partial charge < -0.3 is 4.74 Å². The lowest BCUT2D eigenvalue weighted by Gasteiger charge is -2.29. The lowest BCUT2D eigenvalue weighted by molar-refractivity contribution is -0.114. The maximum atomic E-state index is 12.6. The van der Waals surface area contributed by atoms with E-state index < -0.39 is 21.8 Å². The van der Waals surface area contributed by atoms with Gasteiger partial charge in [0.2, 0.25) is 0 Å². The number of allylic oxidation sites excluding steroid dienone is 1. The van der Waals surface area contributed by atoms with Crippen LogP contribution in [0.15, 0.2) is 59.1 Å². The number of hydrogen-bond donors (Lipinski definition) is 0. The van der Waals surface area contributed by atoms with Gasteiger partial charge in [-0.15, -0.1) is 0 Å². The molecule has 0 amide bonds. The van der Waals surface area contributed by atoms with Crippen LogP contribution in [0.25, 0.3) is 5.76 Å². The summed E-state index contributed by atoms with van der Waals surface area (Å²) >= 11 is 5.81. The van der Waals surface area contributed by atoms with Crippen LogP contribution in [-0.4, -0.2) is 31.5 Å². The highest BCUT2D eigenvalue weighted by Crippen LogP contribution is 2.37. The minimum atomic E-state index is -3.91. The van der Waals surface area contributed by atoms with E-state index in [1.54, 1.807) is 12.1 Å². The predicted molar refractivity (Wildman–Crippen MR) is 95.9 cm³/mol. The van der Waals surface area contributed by atoms with Crippen molar-refractivity contribution in [3.05, 3.63) is 70.4 Å². The average molecular weight is 392 g/mol. The van der Waals surface area contributed by atoms with Crippen LogP contribution < -0.4 is 0 Å². The van der Waals surface area contributed by atoms with Crippen LogP contribution >= 0.6 is 11.6 Å². The van der Waals surface area contributed by atoms with E-state index >= 15 is 0 Å². The van der Waals surface area contributed by atoms with Crippen molar-refractivity contribution in [3.8, 4) is 0 Å². The third-order valence-electron chi connectivity index (χ3n) is 3.91. The maximum absolute atomic E-state index is 12.6. The molecule has 2 aromatic carbocycles. The number of sulfonamides is 1. The summed E-state index contributed by atoms with van der Waals surface area (Å²) in [6, 6.07) is 12.1. The molecule has 0 N–H and O–H groups in total. The van der Waals surface area contributed by atoms with E-state index in [1.165, 1.54) is 50.4 Å². The van der Waals surface area contributed by atoms with Gasteiger partial charge >= 0.3 is 5.97 Å². The zero-order chi connectivity index (χ0) is 19.1. The number of carbonyl (C=O) groups excluding carboxylic acids is 2. The number of rotatable bonds is 3. The van der Waals surface area contributed by atoms with Crippen molar-refractivity contribution in [2.24, 2.45) is 0 Å². The Morgan fingerprint density at radius 3 is 2.27 bits per heavy atom. The van der Waals surface area contributed by atoms with Crippen molar-refractivity contribution in [3.63, 3.8) is 0 Å². The molecule has 0 fully saturated rings. The SMILES string of the molecule is CC(=O)C1=C(OC(=O)c2ccc(Cl)cc2)c2ccccc2S(=O)(=O)N1C. The topological polar surface area (TPSA) is 80.8 Å². The van der Waals surface area contributed by atoms with E-state index in [4.69, 9.17) is 16.3 Å². The van der Waals surface area contributed by atoms with E-state index in [0.717, 1.165) is 4.31 Å². The molecule has 1 aliphatic rings. The van der Waals surface area contributed by atoms with Crippen molar-refractivity contribution in [1.29, 1.82) is 0 Å². The van der Waals surface area contributed by atoms with Crippen LogP contribution in [0.3, 0.4) is 0 Å². The molecule has 0 saturated carbocycles. The quantitative estimate of drug-likeness (QED) is 0.751. The minimum absolute atomic E-state index is 0.0357. The molecule has 6 nitrogen and oxygen atoms in total. The second-order valence-electron chi connectivity index (χ2n) is 5.60. The largest absolute Gasteiger partial charge is 0.420 e. The molecule has 0 radical (unpaired) electrons. The monoisotopic (exact) mass is 391 g/mol. The molecule has 0 spiro atoms. The van der Waals surface area contributed by atoms with Gasteiger partial charge in [0.25, 0.3) is 10.0 Å². The molecule has 0 aromatic heterocycles. The standard InChI is InChI=1S/C18H14ClNO5S/c1-11(21)16-17(25-18(22)12-7-9-13(19)10-8-12)14-5-3-4-6-15(14)26(23,24)20(16)2/h3-10H,1-2H3. The second-order valence-corrected chi connectivity index (χ2v) is 7.97. The lowest BCUT2D eigenvalue weighted by atomic mass is 10.1. The van der Waals surface area contributed by atoms with Crippen LogP contribution in [0.4, 0.5) is 0 Å². The first-order valence-corrected chi connectivity index (χ1v) is 9.36. The van der Waals surface area contributed by atoms with E-state index in [2.05, 4.69) is 0 Å². The van der Waals surface area contributed by atoms with Gasteiger partial charge in [0.05, 0.1) is 10.5 Å². The summed E-state index contributed by atoms with van der Waals surface area (Å²) in [5.41, 5.74) is 0.183. The highest BCUT2D eigenvalue weighted by Gasteiger charge is 2.38. The molecule has 3 rings (SSSR count). The number of esters is 1. The Morgan fingerprint density at radius 1 is 1.04 bits per heavy atom. The number of hydrogen-bond acceptors (Lipinski definition) is 5. The Kier molecular flexibility index (Phi) is 4.60. The first kappa shape index (κ1) is 18.2. The minimum Gasteiger partial charge on any atom is -0.420 e. The van der Waals surface area contributed by atoms with Crippen molar-refractivity contribution in [2.45, 2.75) is 11.8 Å². The van der Waals surface area contributed by atoms with Gasteiger partial charge in [-0.1, -0.05) is 23.7 Å². The summed E-state index contributed by atoms with van der Waals surface area (Å²) in [7, 11) is -2.66. The third kappa shape index (κ3) is 3.00. The Hall–Kier alpha value is -2.64. The molecule has 0 saturated heterocycles. The number of ether oxygens (including phenoxy) is 1. The van der Waals surface area contributed by atoms with Crippen molar-refractivity contribution < 1.29 is 22.7 Å². The van der Waals surface area contributed by atoms with Gasteiger partial charge in [0.15, 0.2) is 11.5 Å². The summed E-state index contributed by atoms with van der Waals surface area (Å²) < 4.78 is 31.6. The Morgan fingerprint density at radius 2 is 1.65 bits per heavy atom. The lowest BCUT2D eigenvalue weighted by Crippen LogP contribution is -2.35. The van der Waals surface area contributed by atoms with Crippen molar-refractivity contribution in [1.82, 2.24) is 4.31 Å². The number of halogens is 1. The Balaban J connectivity index is 2.15. The number of Topliss-reactive ketones (excluding diaryl/α,β-unsaturated/α-hetero) is 1. The number of ketones is 1. The molecular formula is C18H14ClNO5S. The van der Waals surface area contributed by atoms with E-state index in [0.29, 0.717) is 5.02 Å².